The first kappa shape index (κ1) is 13.4. The number of anilines is 1. The maximum absolute atomic E-state index is 9.11. The molecular formula is C15H20N4. The van der Waals surface area contributed by atoms with Crippen LogP contribution in [0.25, 0.3) is 11.0 Å². The van der Waals surface area contributed by atoms with Crippen LogP contribution in [0, 0.1) is 22.7 Å². The number of rotatable bonds is 2. The average molecular weight is 256 g/mol. The summed E-state index contributed by atoms with van der Waals surface area (Å²) in [5.41, 5.74) is 8.43. The van der Waals surface area contributed by atoms with Gasteiger partial charge in [0.15, 0.2) is 0 Å². The maximum Gasteiger partial charge on any atom is 0.201 e. The molecule has 4 nitrogen and oxygen atoms in total. The molecule has 0 saturated heterocycles. The lowest BCUT2D eigenvalue weighted by Crippen LogP contribution is -2.23. The van der Waals surface area contributed by atoms with E-state index in [0.29, 0.717) is 22.9 Å². The number of nitriles is 1. The molecule has 100 valence electrons. The second-order valence-electron chi connectivity index (χ2n) is 6.13. The second-order valence-corrected chi connectivity index (χ2v) is 6.13. The molecule has 0 aliphatic heterocycles. The molecule has 19 heavy (non-hydrogen) atoms. The van der Waals surface area contributed by atoms with Crippen LogP contribution in [0.5, 0.6) is 0 Å². The van der Waals surface area contributed by atoms with Crippen molar-refractivity contribution in [3.63, 3.8) is 0 Å². The monoisotopic (exact) mass is 256 g/mol. The van der Waals surface area contributed by atoms with Gasteiger partial charge in [-0.05, 0) is 23.5 Å². The van der Waals surface area contributed by atoms with Gasteiger partial charge in [-0.25, -0.2) is 4.98 Å². The lowest BCUT2D eigenvalue weighted by molar-refractivity contribution is 0.236. The minimum absolute atomic E-state index is 0.204. The summed E-state index contributed by atoms with van der Waals surface area (Å²) in [4.78, 5) is 4.34. The molecule has 1 aromatic carbocycles. The summed E-state index contributed by atoms with van der Waals surface area (Å²) in [5.74, 6) is 0.937. The molecule has 1 unspecified atom stereocenters. The molecule has 0 amide bonds. The van der Waals surface area contributed by atoms with E-state index < -0.39 is 0 Å². The van der Waals surface area contributed by atoms with Gasteiger partial charge in [-0.1, -0.05) is 33.8 Å². The summed E-state index contributed by atoms with van der Waals surface area (Å²) in [7, 11) is 0. The molecule has 0 fully saturated rings. The van der Waals surface area contributed by atoms with Crippen LogP contribution in [-0.4, -0.2) is 9.55 Å². The van der Waals surface area contributed by atoms with Crippen molar-refractivity contribution < 1.29 is 0 Å². The number of hydrogen-bond acceptors (Lipinski definition) is 3. The number of imidazole rings is 1. The van der Waals surface area contributed by atoms with E-state index in [4.69, 9.17) is 11.0 Å². The molecule has 0 spiro atoms. The third-order valence-corrected chi connectivity index (χ3v) is 3.86. The van der Waals surface area contributed by atoms with E-state index in [9.17, 15) is 0 Å². The Balaban J connectivity index is 2.51. The van der Waals surface area contributed by atoms with E-state index in [2.05, 4.69) is 38.7 Å². The van der Waals surface area contributed by atoms with E-state index in [1.165, 1.54) is 0 Å². The van der Waals surface area contributed by atoms with Crippen molar-refractivity contribution >= 4 is 17.0 Å². The zero-order chi connectivity index (χ0) is 14.2. The zero-order valence-electron chi connectivity index (χ0n) is 11.9. The highest BCUT2D eigenvalue weighted by Crippen LogP contribution is 2.29. The van der Waals surface area contributed by atoms with Gasteiger partial charge in [0.05, 0.1) is 11.1 Å². The Labute approximate surface area is 113 Å². The molecule has 0 aliphatic rings. The van der Waals surface area contributed by atoms with Gasteiger partial charge >= 0.3 is 0 Å². The van der Waals surface area contributed by atoms with Crippen molar-refractivity contribution in [1.29, 1.82) is 5.26 Å². The Hall–Kier alpha value is -2.02. The molecule has 2 aromatic rings. The quantitative estimate of drug-likeness (QED) is 0.897. The van der Waals surface area contributed by atoms with Crippen molar-refractivity contribution in [3.8, 4) is 6.07 Å². The summed E-state index contributed by atoms with van der Waals surface area (Å²) in [6.45, 7) is 9.66. The predicted octanol–water partition coefficient (Wildman–Crippen LogP) is 3.17. The van der Waals surface area contributed by atoms with Gasteiger partial charge in [-0.15, -0.1) is 0 Å². The van der Waals surface area contributed by atoms with Crippen LogP contribution in [0.4, 0.5) is 5.95 Å². The molecule has 1 atom stereocenters. The fourth-order valence-electron chi connectivity index (χ4n) is 1.99. The minimum Gasteiger partial charge on any atom is -0.369 e. The highest BCUT2D eigenvalue weighted by atomic mass is 15.2. The molecule has 0 saturated carbocycles. The average Bonchev–Trinajstić information content (AvgIpc) is 2.65. The van der Waals surface area contributed by atoms with E-state index in [1.807, 2.05) is 16.7 Å². The van der Waals surface area contributed by atoms with Crippen LogP contribution in [0.3, 0.4) is 0 Å². The first-order chi connectivity index (χ1) is 8.84. The van der Waals surface area contributed by atoms with Crippen LogP contribution in [0.1, 0.15) is 33.3 Å². The number of para-hydroxylation sites is 1. The second kappa shape index (κ2) is 4.58. The maximum atomic E-state index is 9.11. The van der Waals surface area contributed by atoms with Crippen LogP contribution in [0.15, 0.2) is 18.2 Å². The van der Waals surface area contributed by atoms with Crippen LogP contribution in [-0.2, 0) is 6.54 Å². The van der Waals surface area contributed by atoms with Gasteiger partial charge in [0.2, 0.25) is 5.95 Å². The summed E-state index contributed by atoms with van der Waals surface area (Å²) >= 11 is 0. The van der Waals surface area contributed by atoms with Crippen LogP contribution < -0.4 is 5.73 Å². The van der Waals surface area contributed by atoms with Crippen molar-refractivity contribution in [3.05, 3.63) is 23.8 Å². The molecule has 2 N–H and O–H groups in total. The highest BCUT2D eigenvalue weighted by molar-refractivity contribution is 5.83. The highest BCUT2D eigenvalue weighted by Gasteiger charge is 2.22. The topological polar surface area (TPSA) is 67.6 Å². The van der Waals surface area contributed by atoms with Gasteiger partial charge in [0.25, 0.3) is 0 Å². The summed E-state index contributed by atoms with van der Waals surface area (Å²) < 4.78 is 2.01. The largest absolute Gasteiger partial charge is 0.369 e. The molecule has 4 heteroatoms. The molecule has 1 aromatic heterocycles. The fourth-order valence-corrected chi connectivity index (χ4v) is 1.99. The number of nitrogens with two attached hydrogens (primary N) is 1. The predicted molar refractivity (Wildman–Crippen MR) is 77.5 cm³/mol. The lowest BCUT2D eigenvalue weighted by atomic mass is 9.82. The Kier molecular flexibility index (Phi) is 3.23. The first-order valence-corrected chi connectivity index (χ1v) is 6.49. The van der Waals surface area contributed by atoms with Crippen molar-refractivity contribution in [1.82, 2.24) is 9.55 Å². The van der Waals surface area contributed by atoms with Gasteiger partial charge in [0.1, 0.15) is 11.6 Å². The van der Waals surface area contributed by atoms with E-state index in [1.54, 1.807) is 6.07 Å². The minimum atomic E-state index is 0.204. The zero-order valence-corrected chi connectivity index (χ0v) is 11.9. The number of hydrogen-bond donors (Lipinski definition) is 1. The van der Waals surface area contributed by atoms with Crippen molar-refractivity contribution in [2.45, 2.75) is 34.2 Å². The van der Waals surface area contributed by atoms with E-state index in [0.717, 1.165) is 12.1 Å². The number of aromatic nitrogens is 2. The normalized spacial score (nSPS) is 13.4. The van der Waals surface area contributed by atoms with E-state index >= 15 is 0 Å². The van der Waals surface area contributed by atoms with Crippen LogP contribution >= 0.6 is 0 Å². The molecule has 0 bridgehead atoms. The summed E-state index contributed by atoms with van der Waals surface area (Å²) in [6, 6.07) is 7.78. The summed E-state index contributed by atoms with van der Waals surface area (Å²) in [6.07, 6.45) is 0. The van der Waals surface area contributed by atoms with Gasteiger partial charge in [-0.3, -0.25) is 0 Å². The standard InChI is InChI=1S/C15H20N4/c1-10(15(2,3)4)9-19-12-7-5-6-11(8-16)13(12)18-14(19)17/h5-7,10H,9H2,1-4H3,(H2,17,18). The Morgan fingerprint density at radius 1 is 1.42 bits per heavy atom. The number of benzene rings is 1. The molecule has 0 aliphatic carbocycles. The lowest BCUT2D eigenvalue weighted by Gasteiger charge is -2.28. The fraction of sp³-hybridized carbons (Fsp3) is 0.467. The molecule has 2 rings (SSSR count). The number of fused-ring (bicyclic) bond motifs is 1. The number of nitrogens with zero attached hydrogens (tertiary/aromatic N) is 3. The Bertz CT molecular complexity index is 640. The molecule has 0 radical (unpaired) electrons. The van der Waals surface area contributed by atoms with Crippen molar-refractivity contribution in [2.75, 3.05) is 5.73 Å². The smallest absolute Gasteiger partial charge is 0.201 e. The number of nitrogen functional groups attached to an aromatic ring is 1. The van der Waals surface area contributed by atoms with E-state index in [-0.39, 0.29) is 5.41 Å². The van der Waals surface area contributed by atoms with Gasteiger partial charge in [0, 0.05) is 6.54 Å². The van der Waals surface area contributed by atoms with Crippen LogP contribution in [0.2, 0.25) is 0 Å². The van der Waals surface area contributed by atoms with Crippen molar-refractivity contribution in [2.24, 2.45) is 11.3 Å². The van der Waals surface area contributed by atoms with Gasteiger partial charge in [-0.2, -0.15) is 5.26 Å². The molecule has 1 heterocycles. The van der Waals surface area contributed by atoms with Gasteiger partial charge < -0.3 is 10.3 Å². The Morgan fingerprint density at radius 2 is 2.11 bits per heavy atom. The Morgan fingerprint density at radius 3 is 2.68 bits per heavy atom. The summed E-state index contributed by atoms with van der Waals surface area (Å²) in [5, 5.41) is 9.11. The third-order valence-electron chi connectivity index (χ3n) is 3.86. The third kappa shape index (κ3) is 2.41. The molecular weight excluding hydrogens is 236 g/mol. The first-order valence-electron chi connectivity index (χ1n) is 6.49. The SMILES string of the molecule is CC(Cn1c(N)nc2c(C#N)cccc21)C(C)(C)C.